The number of aliphatic hydroxyl groups excluding tert-OH is 4. The van der Waals surface area contributed by atoms with Crippen LogP contribution in [0.3, 0.4) is 0 Å². The Morgan fingerprint density at radius 2 is 1.85 bits per heavy atom. The predicted octanol–water partition coefficient (Wildman–Crippen LogP) is -1.57. The van der Waals surface area contributed by atoms with E-state index in [1.807, 2.05) is 0 Å². The second-order valence-corrected chi connectivity index (χ2v) is 2.90. The maximum absolute atomic E-state index is 11.0. The molecule has 3 atom stereocenters. The van der Waals surface area contributed by atoms with Crippen LogP contribution >= 0.6 is 0 Å². The van der Waals surface area contributed by atoms with Gasteiger partial charge < -0.3 is 20.4 Å². The van der Waals surface area contributed by atoms with Crippen molar-refractivity contribution in [3.8, 4) is 0 Å². The van der Waals surface area contributed by atoms with E-state index in [2.05, 4.69) is 0 Å². The fraction of sp³-hybridized carbons (Fsp3) is 0.875. The van der Waals surface area contributed by atoms with Crippen molar-refractivity contribution in [3.05, 3.63) is 0 Å². The number of hydrogen-bond acceptors (Lipinski definition) is 5. The van der Waals surface area contributed by atoms with Crippen LogP contribution in [0.1, 0.15) is 19.8 Å². The maximum atomic E-state index is 11.0. The summed E-state index contributed by atoms with van der Waals surface area (Å²) in [6.07, 6.45) is -3.48. The number of ketones is 1. The predicted molar refractivity (Wildman–Crippen MR) is 45.0 cm³/mol. The first-order valence-corrected chi connectivity index (χ1v) is 4.23. The first kappa shape index (κ1) is 12.5. The molecule has 0 heterocycles. The van der Waals surface area contributed by atoms with Gasteiger partial charge in [-0.25, -0.2) is 0 Å². The Morgan fingerprint density at radius 1 is 1.31 bits per heavy atom. The van der Waals surface area contributed by atoms with Crippen molar-refractivity contribution in [2.45, 2.75) is 38.1 Å². The average molecular weight is 192 g/mol. The van der Waals surface area contributed by atoms with Gasteiger partial charge in [-0.2, -0.15) is 0 Å². The lowest BCUT2D eigenvalue weighted by molar-refractivity contribution is -0.143. The molecule has 0 aliphatic carbocycles. The second-order valence-electron chi connectivity index (χ2n) is 2.90. The van der Waals surface area contributed by atoms with Crippen molar-refractivity contribution in [3.63, 3.8) is 0 Å². The summed E-state index contributed by atoms with van der Waals surface area (Å²) in [6.45, 7) is 1.05. The Hall–Kier alpha value is -0.490. The molecule has 0 aromatic carbocycles. The highest BCUT2D eigenvalue weighted by atomic mass is 16.4. The van der Waals surface area contributed by atoms with E-state index in [1.54, 1.807) is 6.92 Å². The third-order valence-corrected chi connectivity index (χ3v) is 1.74. The molecule has 5 nitrogen and oxygen atoms in total. The highest BCUT2D eigenvalue weighted by Crippen LogP contribution is 2.05. The van der Waals surface area contributed by atoms with Crippen LogP contribution in [0.2, 0.25) is 0 Å². The molecule has 1 unspecified atom stereocenters. The van der Waals surface area contributed by atoms with E-state index in [1.165, 1.54) is 0 Å². The Labute approximate surface area is 76.6 Å². The van der Waals surface area contributed by atoms with E-state index in [0.717, 1.165) is 0 Å². The molecular formula is C8H16O5. The summed E-state index contributed by atoms with van der Waals surface area (Å²) in [5, 5.41) is 35.6. The van der Waals surface area contributed by atoms with Crippen molar-refractivity contribution in [1.82, 2.24) is 0 Å². The molecule has 5 heteroatoms. The van der Waals surface area contributed by atoms with Crippen LogP contribution in [-0.2, 0) is 4.79 Å². The minimum atomic E-state index is -1.61. The molecule has 0 aliphatic rings. The van der Waals surface area contributed by atoms with Crippen molar-refractivity contribution in [2.24, 2.45) is 0 Å². The molecule has 0 aliphatic heterocycles. The van der Waals surface area contributed by atoms with Crippen LogP contribution in [0.4, 0.5) is 0 Å². The monoisotopic (exact) mass is 192 g/mol. The quantitative estimate of drug-likeness (QED) is 0.407. The molecule has 13 heavy (non-hydrogen) atoms. The van der Waals surface area contributed by atoms with Crippen molar-refractivity contribution < 1.29 is 25.2 Å². The number of carbonyl (C=O) groups is 1. The fourth-order valence-corrected chi connectivity index (χ4v) is 0.930. The van der Waals surface area contributed by atoms with E-state index in [9.17, 15) is 4.79 Å². The zero-order chi connectivity index (χ0) is 10.4. The first-order valence-electron chi connectivity index (χ1n) is 4.23. The van der Waals surface area contributed by atoms with Gasteiger partial charge in [-0.15, -0.1) is 0 Å². The molecule has 0 bridgehead atoms. The van der Waals surface area contributed by atoms with Crippen molar-refractivity contribution in [2.75, 3.05) is 6.61 Å². The Balaban J connectivity index is 4.08. The van der Waals surface area contributed by atoms with Crippen LogP contribution < -0.4 is 0 Å². The van der Waals surface area contributed by atoms with Crippen molar-refractivity contribution in [1.29, 1.82) is 0 Å². The summed E-state index contributed by atoms with van der Waals surface area (Å²) >= 11 is 0. The lowest BCUT2D eigenvalue weighted by Crippen LogP contribution is -2.41. The van der Waals surface area contributed by atoms with Crippen molar-refractivity contribution >= 4 is 5.78 Å². The highest BCUT2D eigenvalue weighted by Gasteiger charge is 2.28. The Kier molecular flexibility index (Phi) is 5.81. The molecule has 0 rings (SSSR count). The zero-order valence-electron chi connectivity index (χ0n) is 7.55. The largest absolute Gasteiger partial charge is 0.393 e. The average Bonchev–Trinajstić information content (AvgIpc) is 2.14. The number of Topliss-reactive ketones (excluding diaryl/α,β-unsaturated/α-hetero) is 1. The van der Waals surface area contributed by atoms with Gasteiger partial charge >= 0.3 is 0 Å². The van der Waals surface area contributed by atoms with E-state index in [-0.39, 0.29) is 6.42 Å². The smallest absolute Gasteiger partial charge is 0.194 e. The van der Waals surface area contributed by atoms with Crippen LogP contribution in [0.15, 0.2) is 0 Å². The molecule has 0 saturated heterocycles. The lowest BCUT2D eigenvalue weighted by Gasteiger charge is -2.17. The first-order chi connectivity index (χ1) is 6.04. The van der Waals surface area contributed by atoms with Gasteiger partial charge in [0.2, 0.25) is 0 Å². The van der Waals surface area contributed by atoms with Gasteiger partial charge in [0, 0.05) is 0 Å². The molecule has 0 fully saturated rings. The van der Waals surface area contributed by atoms with E-state index in [0.29, 0.717) is 6.42 Å². The lowest BCUT2D eigenvalue weighted by atomic mass is 10.0. The normalized spacial score (nSPS) is 17.9. The standard InChI is InChI=1S/C8H16O5/c1-2-3-5(10)7(12)8(13)6(11)4-9/h5-7,9-12H,2-4H2,1H3/t5?,6-,7+/m1/s1. The minimum absolute atomic E-state index is 0.283. The summed E-state index contributed by atoms with van der Waals surface area (Å²) in [7, 11) is 0. The maximum Gasteiger partial charge on any atom is 0.194 e. The molecular weight excluding hydrogens is 176 g/mol. The number of hydrogen-bond donors (Lipinski definition) is 4. The zero-order valence-corrected chi connectivity index (χ0v) is 7.55. The van der Waals surface area contributed by atoms with Crippen LogP contribution in [-0.4, -0.2) is 51.1 Å². The SMILES string of the molecule is CCCC(O)[C@H](O)C(=O)[C@H](O)CO. The molecule has 0 aromatic heterocycles. The molecule has 0 radical (unpaired) electrons. The molecule has 0 saturated carbocycles. The van der Waals surface area contributed by atoms with Crippen LogP contribution in [0.5, 0.6) is 0 Å². The Morgan fingerprint density at radius 3 is 2.23 bits per heavy atom. The topological polar surface area (TPSA) is 98.0 Å². The summed E-state index contributed by atoms with van der Waals surface area (Å²) in [5.74, 6) is -0.941. The van der Waals surface area contributed by atoms with Gasteiger partial charge in [0.1, 0.15) is 12.2 Å². The van der Waals surface area contributed by atoms with Gasteiger partial charge in [-0.1, -0.05) is 13.3 Å². The molecule has 0 amide bonds. The van der Waals surface area contributed by atoms with E-state index >= 15 is 0 Å². The second kappa shape index (κ2) is 6.04. The van der Waals surface area contributed by atoms with Crippen LogP contribution in [0, 0.1) is 0 Å². The Bertz CT molecular complexity index is 159. The number of carbonyl (C=O) groups excluding carboxylic acids is 1. The van der Waals surface area contributed by atoms with E-state index in [4.69, 9.17) is 20.4 Å². The summed E-state index contributed by atoms with van der Waals surface area (Å²) in [4.78, 5) is 11.0. The van der Waals surface area contributed by atoms with Gasteiger partial charge in [0.15, 0.2) is 5.78 Å². The third kappa shape index (κ3) is 3.82. The summed E-state index contributed by atoms with van der Waals surface area (Å²) in [6, 6.07) is 0. The minimum Gasteiger partial charge on any atom is -0.393 e. The highest BCUT2D eigenvalue weighted by molar-refractivity contribution is 5.87. The summed E-state index contributed by atoms with van der Waals surface area (Å²) < 4.78 is 0. The fourth-order valence-electron chi connectivity index (χ4n) is 0.930. The molecule has 78 valence electrons. The van der Waals surface area contributed by atoms with E-state index < -0.39 is 30.7 Å². The third-order valence-electron chi connectivity index (χ3n) is 1.74. The summed E-state index contributed by atoms with van der Waals surface area (Å²) in [5.41, 5.74) is 0. The molecule has 0 spiro atoms. The number of rotatable bonds is 6. The number of aliphatic hydroxyl groups is 4. The van der Waals surface area contributed by atoms with Gasteiger partial charge in [0.05, 0.1) is 12.7 Å². The van der Waals surface area contributed by atoms with Gasteiger partial charge in [-0.05, 0) is 6.42 Å². The molecule has 0 aromatic rings. The van der Waals surface area contributed by atoms with Gasteiger partial charge in [0.25, 0.3) is 0 Å². The van der Waals surface area contributed by atoms with Gasteiger partial charge in [-0.3, -0.25) is 4.79 Å². The van der Waals surface area contributed by atoms with Crippen LogP contribution in [0.25, 0.3) is 0 Å². The molecule has 4 N–H and O–H groups in total.